The second kappa shape index (κ2) is 8.51. The Morgan fingerprint density at radius 2 is 2.06 bits per heavy atom. The lowest BCUT2D eigenvalue weighted by atomic mass is 9.85. The van der Waals surface area contributed by atoms with Crippen LogP contribution >= 0.6 is 19.4 Å². The Bertz CT molecular complexity index is 1340. The summed E-state index contributed by atoms with van der Waals surface area (Å²) in [5.41, 5.74) is -0.825. The Balaban J connectivity index is 2.08. The second-order valence-corrected chi connectivity index (χ2v) is 9.25. The molecule has 0 aliphatic carbocycles. The highest BCUT2D eigenvalue weighted by molar-refractivity contribution is 7.46. The topological polar surface area (TPSA) is 141 Å². The number of piperidine rings is 1. The van der Waals surface area contributed by atoms with Crippen molar-refractivity contribution in [3.8, 4) is 22.8 Å². The van der Waals surface area contributed by atoms with Crippen molar-refractivity contribution in [1.29, 1.82) is 0 Å². The van der Waals surface area contributed by atoms with Crippen LogP contribution in [0.25, 0.3) is 22.3 Å². The monoisotopic (exact) mass is 482 g/mol. The maximum atomic E-state index is 13.2. The van der Waals surface area contributed by atoms with Crippen molar-refractivity contribution in [2.24, 2.45) is 0 Å². The van der Waals surface area contributed by atoms with E-state index in [2.05, 4.69) is 4.52 Å². The van der Waals surface area contributed by atoms with Gasteiger partial charge < -0.3 is 24.1 Å². The van der Waals surface area contributed by atoms with E-state index in [9.17, 15) is 29.4 Å². The van der Waals surface area contributed by atoms with Crippen molar-refractivity contribution in [2.75, 3.05) is 20.1 Å². The lowest BCUT2D eigenvalue weighted by Gasteiger charge is -2.34. The number of phosphoric ester groups is 1. The molecular weight excluding hydrogens is 461 g/mol. The van der Waals surface area contributed by atoms with Gasteiger partial charge in [-0.2, -0.15) is 0 Å². The van der Waals surface area contributed by atoms with Crippen molar-refractivity contribution < 1.29 is 34.9 Å². The van der Waals surface area contributed by atoms with Crippen molar-refractivity contribution in [1.82, 2.24) is 4.90 Å². The zero-order valence-electron chi connectivity index (χ0n) is 17.9. The zero-order chi connectivity index (χ0) is 24.1. The summed E-state index contributed by atoms with van der Waals surface area (Å²) in [6.45, 7) is 0.881. The quantitative estimate of drug-likeness (QED) is 0.413. The van der Waals surface area contributed by atoms with E-state index in [1.54, 1.807) is 24.3 Å². The number of fused-ring (bicyclic) bond motifs is 1. The fraction of sp³-hybridized carbons (Fsp3) is 0.286. The van der Waals surface area contributed by atoms with E-state index >= 15 is 0 Å². The van der Waals surface area contributed by atoms with Crippen molar-refractivity contribution in [2.45, 2.75) is 18.4 Å². The molecule has 4 rings (SSSR count). The number of benzene rings is 2. The Hall–Kier alpha value is -2.39. The fourth-order valence-electron chi connectivity index (χ4n) is 4.00. The van der Waals surface area contributed by atoms with Crippen LogP contribution in [0.3, 0.4) is 0 Å². The number of halogens is 1. The molecule has 1 aromatic heterocycles. The molecular formula is C21H21ClNO8P. The molecule has 9 nitrogen and oxygen atoms in total. The van der Waals surface area contributed by atoms with Gasteiger partial charge in [0.15, 0.2) is 5.43 Å². The Morgan fingerprint density at radius 3 is 2.72 bits per heavy atom. The molecule has 0 bridgehead atoms. The molecule has 1 saturated heterocycles. The first-order chi connectivity index (χ1) is 15.5. The number of likely N-dealkylation sites (N-methyl/N-ethyl adjacent to an activating group) is 1. The van der Waals surface area contributed by atoms with Gasteiger partial charge in [-0.05, 0) is 32.1 Å². The van der Waals surface area contributed by atoms with Gasteiger partial charge in [-0.1, -0.05) is 23.7 Å². The summed E-state index contributed by atoms with van der Waals surface area (Å²) in [7, 11) is -3.29. The predicted molar refractivity (Wildman–Crippen MR) is 118 cm³/mol. The van der Waals surface area contributed by atoms with E-state index in [4.69, 9.17) is 17.4 Å². The largest absolute Gasteiger partial charge is 0.524 e. The third kappa shape index (κ3) is 4.41. The summed E-state index contributed by atoms with van der Waals surface area (Å²) < 4.78 is 30.4. The molecule has 3 aromatic rings. The number of aliphatic hydroxyl groups excluding tert-OH is 1. The van der Waals surface area contributed by atoms with Crippen LogP contribution in [0, 0.1) is 0 Å². The number of nitrogens with zero attached hydrogens (tertiary/aromatic N) is 1. The van der Waals surface area contributed by atoms with Crippen LogP contribution in [-0.4, -0.2) is 51.1 Å². The van der Waals surface area contributed by atoms with Gasteiger partial charge >= 0.3 is 7.82 Å². The van der Waals surface area contributed by atoms with Gasteiger partial charge in [0, 0.05) is 35.7 Å². The first kappa shape index (κ1) is 21.5. The molecule has 0 saturated carbocycles. The molecule has 32 heavy (non-hydrogen) atoms. The van der Waals surface area contributed by atoms with Gasteiger partial charge in [0.2, 0.25) is 0 Å². The number of hydrogen-bond acceptors (Lipinski definition) is 7. The van der Waals surface area contributed by atoms with Crippen LogP contribution < -0.4 is 9.95 Å². The van der Waals surface area contributed by atoms with Crippen molar-refractivity contribution >= 4 is 30.4 Å². The molecule has 1 fully saturated rings. The second-order valence-electron chi connectivity index (χ2n) is 7.68. The molecule has 2 aromatic carbocycles. The third-order valence-corrected chi connectivity index (χ3v) is 6.18. The van der Waals surface area contributed by atoms with E-state index in [0.29, 0.717) is 19.5 Å². The maximum Gasteiger partial charge on any atom is 0.524 e. The Morgan fingerprint density at radius 1 is 1.34 bits per heavy atom. The summed E-state index contributed by atoms with van der Waals surface area (Å²) in [5.74, 6) is -1.93. The zero-order valence-corrected chi connectivity index (χ0v) is 18.5. The number of phenolic OH excluding ortho intramolecular Hbond substituents is 1. The molecule has 0 radical (unpaired) electrons. The van der Waals surface area contributed by atoms with Gasteiger partial charge in [0.05, 0.1) is 12.5 Å². The van der Waals surface area contributed by atoms with E-state index in [1.807, 2.05) is 11.9 Å². The van der Waals surface area contributed by atoms with E-state index in [0.717, 1.165) is 6.07 Å². The SMILES string of the molecule is [2H]c1c(-c2ccccc2Cl)oc2c(C3CCN(C)CC3O)c(O)cc(OP(=O)(O)O)c2c1=O. The molecule has 2 heterocycles. The van der Waals surface area contributed by atoms with Crippen LogP contribution in [0.1, 0.15) is 19.3 Å². The molecule has 1 aliphatic rings. The smallest absolute Gasteiger partial charge is 0.507 e. The number of phenols is 1. The average Bonchev–Trinajstić information content (AvgIpc) is 2.71. The number of hydrogen-bond donors (Lipinski definition) is 4. The van der Waals surface area contributed by atoms with E-state index < -0.39 is 48.2 Å². The van der Waals surface area contributed by atoms with Crippen LogP contribution in [-0.2, 0) is 4.57 Å². The molecule has 2 atom stereocenters. The fourth-order valence-corrected chi connectivity index (χ4v) is 4.63. The van der Waals surface area contributed by atoms with Crippen LogP contribution in [0.5, 0.6) is 11.5 Å². The minimum absolute atomic E-state index is 0.0917. The van der Waals surface area contributed by atoms with Crippen molar-refractivity contribution in [3.63, 3.8) is 0 Å². The van der Waals surface area contributed by atoms with Crippen LogP contribution in [0.2, 0.25) is 5.02 Å². The lowest BCUT2D eigenvalue weighted by molar-refractivity contribution is 0.0630. The van der Waals surface area contributed by atoms with Gasteiger partial charge in [-0.25, -0.2) is 4.57 Å². The first-order valence-corrected chi connectivity index (χ1v) is 11.6. The van der Waals surface area contributed by atoms with Crippen molar-refractivity contribution in [3.05, 3.63) is 57.2 Å². The number of phosphoric acid groups is 1. The van der Waals surface area contributed by atoms with Gasteiger partial charge in [0.25, 0.3) is 0 Å². The summed E-state index contributed by atoms with van der Waals surface area (Å²) in [6, 6.07) is 6.68. The Labute approximate surface area is 189 Å². The van der Waals surface area contributed by atoms with E-state index in [1.165, 1.54) is 0 Å². The molecule has 170 valence electrons. The normalized spacial score (nSPS) is 20.3. The summed E-state index contributed by atoms with van der Waals surface area (Å²) in [6.07, 6.45) is -0.511. The third-order valence-electron chi connectivity index (χ3n) is 5.41. The number of aromatic hydroxyl groups is 1. The molecule has 2 unspecified atom stereocenters. The standard InChI is InChI=1S/C21H21ClNO8P/c1-23-7-6-12(16(26)10-23)19-14(24)9-18(31-32(27,28)29)20-15(25)8-17(30-21(19)20)11-4-2-3-5-13(11)22/h2-5,8-9,12,16,24,26H,6-7,10H2,1H3,(H2,27,28,29)/i8D. The molecule has 11 heteroatoms. The molecule has 1 aliphatic heterocycles. The Kier molecular flexibility index (Phi) is 5.71. The average molecular weight is 483 g/mol. The summed E-state index contributed by atoms with van der Waals surface area (Å²) in [5, 5.41) is 21.3. The van der Waals surface area contributed by atoms with Gasteiger partial charge in [-0.15, -0.1) is 0 Å². The summed E-state index contributed by atoms with van der Waals surface area (Å²) in [4.78, 5) is 33.8. The first-order valence-electron chi connectivity index (χ1n) is 10.2. The van der Waals surface area contributed by atoms with Crippen LogP contribution in [0.4, 0.5) is 0 Å². The highest BCUT2D eigenvalue weighted by Gasteiger charge is 2.34. The minimum Gasteiger partial charge on any atom is -0.507 e. The highest BCUT2D eigenvalue weighted by atomic mass is 35.5. The number of β-amino-alcohol motifs (C(OH)–C–C–N with tert-alkyl or cyclic N) is 1. The number of aliphatic hydroxyl groups is 1. The molecule has 4 N–H and O–H groups in total. The maximum absolute atomic E-state index is 13.2. The minimum atomic E-state index is -5.12. The van der Waals surface area contributed by atoms with E-state index in [-0.39, 0.29) is 27.5 Å². The molecule has 0 spiro atoms. The van der Waals surface area contributed by atoms with Gasteiger partial charge in [0.1, 0.15) is 28.2 Å². The van der Waals surface area contributed by atoms with Gasteiger partial charge in [-0.3, -0.25) is 14.6 Å². The predicted octanol–water partition coefficient (Wildman–Crippen LogP) is 3.07. The highest BCUT2D eigenvalue weighted by Crippen LogP contribution is 2.47. The van der Waals surface area contributed by atoms with Crippen LogP contribution in [0.15, 0.2) is 45.6 Å². The lowest BCUT2D eigenvalue weighted by Crippen LogP contribution is -2.40. The molecule has 0 amide bonds. The number of likely N-dealkylation sites (tertiary alicyclic amines) is 1. The number of rotatable bonds is 4. The summed E-state index contributed by atoms with van der Waals surface area (Å²) >= 11 is 6.24.